The highest BCUT2D eigenvalue weighted by atomic mass is 32.1. The van der Waals surface area contributed by atoms with Gasteiger partial charge in [-0.25, -0.2) is 0 Å². The third-order valence-corrected chi connectivity index (χ3v) is 12.8. The summed E-state index contributed by atoms with van der Waals surface area (Å²) in [6.45, 7) is 15.2. The van der Waals surface area contributed by atoms with Gasteiger partial charge in [0, 0.05) is 61.0 Å². The smallest absolute Gasteiger partial charge is 0.233 e. The lowest BCUT2D eigenvalue weighted by atomic mass is 9.88. The minimum atomic E-state index is -0.536. The molecular formula is C37H51N5O2S. The summed E-state index contributed by atoms with van der Waals surface area (Å²) < 4.78 is 0. The van der Waals surface area contributed by atoms with Gasteiger partial charge in [-0.2, -0.15) is 0 Å². The number of aromatic amines is 1. The molecule has 4 aliphatic rings. The van der Waals surface area contributed by atoms with Crippen molar-refractivity contribution in [3.8, 4) is 11.3 Å². The Labute approximate surface area is 272 Å². The summed E-state index contributed by atoms with van der Waals surface area (Å²) in [4.78, 5) is 42.6. The van der Waals surface area contributed by atoms with E-state index in [0.717, 1.165) is 70.0 Å². The number of nitrogens with one attached hydrogen (secondary N) is 1. The molecule has 0 radical (unpaired) electrons. The molecule has 4 saturated heterocycles. The summed E-state index contributed by atoms with van der Waals surface area (Å²) in [5.74, 6) is 0.845. The zero-order valence-corrected chi connectivity index (χ0v) is 28.8. The molecule has 7 rings (SSSR count). The average molecular weight is 630 g/mol. The number of nitrogens with zero attached hydrogens (tertiary/aromatic N) is 4. The van der Waals surface area contributed by atoms with E-state index >= 15 is 0 Å². The van der Waals surface area contributed by atoms with E-state index in [-0.39, 0.29) is 5.92 Å². The maximum Gasteiger partial charge on any atom is 0.233 e. The van der Waals surface area contributed by atoms with Crippen molar-refractivity contribution in [1.82, 2.24) is 24.6 Å². The Hall–Kier alpha value is -2.68. The van der Waals surface area contributed by atoms with Gasteiger partial charge in [0.25, 0.3) is 0 Å². The van der Waals surface area contributed by atoms with E-state index in [1.165, 1.54) is 63.8 Å². The first-order valence-electron chi connectivity index (χ1n) is 17.3. The number of H-pyrrole nitrogens is 1. The van der Waals surface area contributed by atoms with E-state index in [1.54, 1.807) is 11.3 Å². The van der Waals surface area contributed by atoms with Crippen LogP contribution in [0.1, 0.15) is 73.9 Å². The average Bonchev–Trinajstić information content (AvgIpc) is 3.80. The fourth-order valence-electron chi connectivity index (χ4n) is 8.60. The van der Waals surface area contributed by atoms with Crippen LogP contribution in [-0.2, 0) is 21.4 Å². The van der Waals surface area contributed by atoms with Gasteiger partial charge in [0.1, 0.15) is 4.83 Å². The van der Waals surface area contributed by atoms with Crippen molar-refractivity contribution in [1.29, 1.82) is 0 Å². The van der Waals surface area contributed by atoms with E-state index in [1.807, 2.05) is 0 Å². The molecule has 45 heavy (non-hydrogen) atoms. The Morgan fingerprint density at radius 1 is 0.867 bits per heavy atom. The molecule has 0 unspecified atom stereocenters. The summed E-state index contributed by atoms with van der Waals surface area (Å²) in [6, 6.07) is 10.0. The SMILES string of the molecule is Cc1cc(C)cc(-c2[nH]c3sc(C(C)(C)C(=O)N4C5CCC4CC5)cc3c2CCN2CCC(C(=O)N3CCN(C)CC3)CC2)c1. The number of likely N-dealkylation sites (N-methyl/N-ethyl adjacent to an activating group) is 1. The minimum Gasteiger partial charge on any atom is -0.346 e. The van der Waals surface area contributed by atoms with Gasteiger partial charge < -0.3 is 24.6 Å². The van der Waals surface area contributed by atoms with Gasteiger partial charge in [0.05, 0.1) is 11.1 Å². The fourth-order valence-corrected chi connectivity index (χ4v) is 9.78. The van der Waals surface area contributed by atoms with Gasteiger partial charge in [0.2, 0.25) is 11.8 Å². The van der Waals surface area contributed by atoms with E-state index in [0.29, 0.717) is 23.9 Å². The summed E-state index contributed by atoms with van der Waals surface area (Å²) >= 11 is 1.77. The second-order valence-electron chi connectivity index (χ2n) is 15.0. The van der Waals surface area contributed by atoms with E-state index in [2.05, 4.69) is 83.6 Å². The zero-order chi connectivity index (χ0) is 31.5. The summed E-state index contributed by atoms with van der Waals surface area (Å²) in [7, 11) is 2.14. The normalized spacial score (nSPS) is 23.5. The van der Waals surface area contributed by atoms with Crippen molar-refractivity contribution >= 4 is 33.4 Å². The molecule has 242 valence electrons. The van der Waals surface area contributed by atoms with Crippen molar-refractivity contribution in [2.45, 2.75) is 90.1 Å². The topological polar surface area (TPSA) is 62.9 Å². The second kappa shape index (κ2) is 12.2. The predicted octanol–water partition coefficient (Wildman–Crippen LogP) is 5.97. The lowest BCUT2D eigenvalue weighted by molar-refractivity contribution is -0.139. The van der Waals surface area contributed by atoms with Crippen molar-refractivity contribution in [3.63, 3.8) is 0 Å². The van der Waals surface area contributed by atoms with Crippen molar-refractivity contribution < 1.29 is 9.59 Å². The highest BCUT2D eigenvalue weighted by Gasteiger charge is 2.47. The van der Waals surface area contributed by atoms with Crippen molar-refractivity contribution in [2.24, 2.45) is 5.92 Å². The number of carbonyl (C=O) groups is 2. The first-order chi connectivity index (χ1) is 21.6. The van der Waals surface area contributed by atoms with E-state index in [4.69, 9.17) is 0 Å². The predicted molar refractivity (Wildman–Crippen MR) is 184 cm³/mol. The number of aryl methyl sites for hydroxylation is 2. The molecule has 6 heterocycles. The van der Waals surface area contributed by atoms with Crippen LogP contribution in [0.15, 0.2) is 24.3 Å². The van der Waals surface area contributed by atoms with Crippen LogP contribution in [0.3, 0.4) is 0 Å². The number of piperazine rings is 1. The number of likely N-dealkylation sites (tertiary alicyclic amines) is 1. The maximum atomic E-state index is 14.0. The first kappa shape index (κ1) is 30.9. The Kier molecular flexibility index (Phi) is 8.36. The highest BCUT2D eigenvalue weighted by molar-refractivity contribution is 7.19. The van der Waals surface area contributed by atoms with Crippen molar-refractivity contribution in [3.05, 3.63) is 45.8 Å². The molecule has 0 atom stereocenters. The van der Waals surface area contributed by atoms with Gasteiger partial charge >= 0.3 is 0 Å². The van der Waals surface area contributed by atoms with E-state index in [9.17, 15) is 9.59 Å². The van der Waals surface area contributed by atoms with Crippen LogP contribution in [-0.4, -0.2) is 101 Å². The second-order valence-corrected chi connectivity index (χ2v) is 16.1. The van der Waals surface area contributed by atoms with Crippen LogP contribution >= 0.6 is 11.3 Å². The molecule has 0 aliphatic carbocycles. The molecule has 4 aliphatic heterocycles. The molecule has 0 saturated carbocycles. The largest absolute Gasteiger partial charge is 0.346 e. The number of carbonyl (C=O) groups excluding carboxylic acids is 2. The van der Waals surface area contributed by atoms with Crippen LogP contribution in [0.25, 0.3) is 21.5 Å². The standard InChI is InChI=1S/C37H51N5O2S/c1-24-20-25(2)22-27(21-24)33-30(12-15-40-13-10-26(11-14-40)35(43)41-18-16-39(5)17-19-41)31-23-32(45-34(31)38-33)37(3,4)36(44)42-28-6-7-29(42)9-8-28/h20-23,26,28-29,38H,6-19H2,1-5H3. The highest BCUT2D eigenvalue weighted by Crippen LogP contribution is 2.44. The van der Waals surface area contributed by atoms with Gasteiger partial charge in [-0.15, -0.1) is 11.3 Å². The molecule has 0 spiro atoms. The summed E-state index contributed by atoms with van der Waals surface area (Å²) in [6.07, 6.45) is 7.53. The number of thiophene rings is 1. The molecular weight excluding hydrogens is 579 g/mol. The summed E-state index contributed by atoms with van der Waals surface area (Å²) in [5.41, 5.74) is 5.83. The van der Waals surface area contributed by atoms with Gasteiger partial charge in [-0.05, 0) is 122 Å². The van der Waals surface area contributed by atoms with Gasteiger partial charge in [-0.1, -0.05) is 17.2 Å². The number of fused-ring (bicyclic) bond motifs is 3. The number of benzene rings is 1. The summed E-state index contributed by atoms with van der Waals surface area (Å²) in [5, 5.41) is 1.27. The van der Waals surface area contributed by atoms with Crippen LogP contribution in [0.4, 0.5) is 0 Å². The Balaban J connectivity index is 1.10. The number of piperidine rings is 1. The number of rotatable bonds is 7. The van der Waals surface area contributed by atoms with Crippen molar-refractivity contribution in [2.75, 3.05) is 52.9 Å². The molecule has 7 nitrogen and oxygen atoms in total. The maximum absolute atomic E-state index is 14.0. The fraction of sp³-hybridized carbons (Fsp3) is 0.622. The molecule has 2 aromatic heterocycles. The molecule has 2 amide bonds. The van der Waals surface area contributed by atoms with Crippen LogP contribution in [0.2, 0.25) is 0 Å². The number of hydrogen-bond acceptors (Lipinski definition) is 5. The first-order valence-corrected chi connectivity index (χ1v) is 18.2. The van der Waals surface area contributed by atoms with Crippen LogP contribution in [0.5, 0.6) is 0 Å². The molecule has 1 aromatic carbocycles. The molecule has 8 heteroatoms. The monoisotopic (exact) mass is 629 g/mol. The number of aromatic nitrogens is 1. The van der Waals surface area contributed by atoms with Gasteiger partial charge in [-0.3, -0.25) is 9.59 Å². The molecule has 2 bridgehead atoms. The minimum absolute atomic E-state index is 0.166. The van der Waals surface area contributed by atoms with E-state index < -0.39 is 5.41 Å². The zero-order valence-electron chi connectivity index (χ0n) is 28.0. The molecule has 1 N–H and O–H groups in total. The molecule has 4 fully saturated rings. The molecule has 3 aromatic rings. The number of amides is 2. The Morgan fingerprint density at radius 3 is 2.11 bits per heavy atom. The lowest BCUT2D eigenvalue weighted by Gasteiger charge is -2.37. The Morgan fingerprint density at radius 2 is 1.49 bits per heavy atom. The quantitative estimate of drug-likeness (QED) is 0.350. The third kappa shape index (κ3) is 5.87. The van der Waals surface area contributed by atoms with Crippen LogP contribution < -0.4 is 0 Å². The third-order valence-electron chi connectivity index (χ3n) is 11.4. The van der Waals surface area contributed by atoms with Crippen LogP contribution in [0, 0.1) is 19.8 Å². The van der Waals surface area contributed by atoms with Gasteiger partial charge in [0.15, 0.2) is 0 Å². The Bertz CT molecular complexity index is 1530. The lowest BCUT2D eigenvalue weighted by Crippen LogP contribution is -2.50. The number of hydrogen-bond donors (Lipinski definition) is 1.